The molecule has 198 valence electrons. The maximum Gasteiger partial charge on any atom is 0.269 e. The first-order chi connectivity index (χ1) is 19.1. The van der Waals surface area contributed by atoms with E-state index in [2.05, 4.69) is 0 Å². The molecule has 0 atom stereocenters. The highest BCUT2D eigenvalue weighted by atomic mass is 16.7. The first-order valence-electron chi connectivity index (χ1n) is 12.7. The van der Waals surface area contributed by atoms with E-state index in [-0.39, 0.29) is 5.69 Å². The van der Waals surface area contributed by atoms with Crippen LogP contribution in [-0.4, -0.2) is 23.1 Å². The van der Waals surface area contributed by atoms with Gasteiger partial charge in [0.25, 0.3) is 5.69 Å². The summed E-state index contributed by atoms with van der Waals surface area (Å²) in [5.41, 5.74) is 2.64. The monoisotopic (exact) mass is 524 g/mol. The Bertz CT molecular complexity index is 1440. The van der Waals surface area contributed by atoms with Crippen molar-refractivity contribution in [3.63, 3.8) is 0 Å². The van der Waals surface area contributed by atoms with Gasteiger partial charge in [-0.25, -0.2) is 0 Å². The van der Waals surface area contributed by atoms with Crippen molar-refractivity contribution in [2.24, 2.45) is 0 Å². The van der Waals surface area contributed by atoms with Gasteiger partial charge in [-0.15, -0.1) is 5.06 Å². The lowest BCUT2D eigenvalue weighted by atomic mass is 10.1. The van der Waals surface area contributed by atoms with E-state index in [1.165, 1.54) is 12.1 Å². The van der Waals surface area contributed by atoms with E-state index >= 15 is 0 Å². The lowest BCUT2D eigenvalue weighted by molar-refractivity contribution is -0.384. The highest BCUT2D eigenvalue weighted by Gasteiger charge is 2.26. The van der Waals surface area contributed by atoms with Gasteiger partial charge >= 0.3 is 0 Å². The fourth-order valence-corrected chi connectivity index (χ4v) is 4.07. The molecule has 1 aliphatic rings. The third kappa shape index (κ3) is 6.55. The minimum absolute atomic E-state index is 0.0187. The first kappa shape index (κ1) is 25.8. The van der Waals surface area contributed by atoms with Crippen molar-refractivity contribution < 1.29 is 24.0 Å². The Kier molecular flexibility index (Phi) is 8.04. The summed E-state index contributed by atoms with van der Waals surface area (Å²) in [5.74, 6) is 2.56. The summed E-state index contributed by atoms with van der Waals surface area (Å²) >= 11 is 0. The molecule has 0 saturated carbocycles. The van der Waals surface area contributed by atoms with Gasteiger partial charge in [0.1, 0.15) is 41.8 Å². The van der Waals surface area contributed by atoms with Crippen LogP contribution in [0.1, 0.15) is 23.6 Å². The summed E-state index contributed by atoms with van der Waals surface area (Å²) in [5, 5.41) is 13.0. The highest BCUT2D eigenvalue weighted by molar-refractivity contribution is 5.74. The van der Waals surface area contributed by atoms with E-state index in [0.29, 0.717) is 60.6 Å². The largest absolute Gasteiger partial charge is 0.489 e. The Morgan fingerprint density at radius 1 is 0.821 bits per heavy atom. The van der Waals surface area contributed by atoms with Crippen LogP contribution in [0, 0.1) is 10.1 Å². The van der Waals surface area contributed by atoms with Crippen LogP contribution in [0.4, 0.5) is 5.69 Å². The van der Waals surface area contributed by atoms with Crippen LogP contribution in [0.5, 0.6) is 23.0 Å². The fourth-order valence-electron chi connectivity index (χ4n) is 4.07. The lowest BCUT2D eigenvalue weighted by Crippen LogP contribution is -2.17. The van der Waals surface area contributed by atoms with Gasteiger partial charge < -0.3 is 19.0 Å². The minimum atomic E-state index is -0.445. The number of rotatable bonds is 11. The molecule has 39 heavy (non-hydrogen) atoms. The molecule has 0 radical (unpaired) electrons. The Morgan fingerprint density at radius 2 is 1.44 bits per heavy atom. The molecule has 0 N–H and O–H groups in total. The normalized spacial score (nSPS) is 12.9. The van der Waals surface area contributed by atoms with Crippen LogP contribution < -0.4 is 14.2 Å². The molecular formula is C31H28N2O6. The van der Waals surface area contributed by atoms with Crippen LogP contribution in [0.3, 0.4) is 0 Å². The van der Waals surface area contributed by atoms with Gasteiger partial charge in [-0.1, -0.05) is 60.7 Å². The van der Waals surface area contributed by atoms with Crippen LogP contribution in [-0.2, 0) is 18.1 Å². The van der Waals surface area contributed by atoms with Crippen molar-refractivity contribution in [1.29, 1.82) is 0 Å². The van der Waals surface area contributed by atoms with E-state index < -0.39 is 4.92 Å². The summed E-state index contributed by atoms with van der Waals surface area (Å²) in [6.45, 7) is 4.03. The predicted molar refractivity (Wildman–Crippen MR) is 147 cm³/mol. The summed E-state index contributed by atoms with van der Waals surface area (Å²) in [4.78, 5) is 16.8. The summed E-state index contributed by atoms with van der Waals surface area (Å²) < 4.78 is 18.8. The topological polar surface area (TPSA) is 83.3 Å². The minimum Gasteiger partial charge on any atom is -0.489 e. The molecule has 4 aromatic rings. The Balaban J connectivity index is 1.53. The molecule has 8 nitrogen and oxygen atoms in total. The second kappa shape index (κ2) is 12.1. The Labute approximate surface area is 226 Å². The number of likely N-dealkylation sites (N-methyl/N-ethyl adjacent to an activating group) is 1. The maximum absolute atomic E-state index is 11.1. The fraction of sp³-hybridized carbons (Fsp3) is 0.161. The average molecular weight is 525 g/mol. The molecule has 0 aromatic heterocycles. The standard InChI is InChI=1S/C31H28N2O6/c1-2-32-18-17-28(39-32)31-29(37-22-24-11-7-4-8-12-24)19-27(36-21-23-9-5-3-6-10-23)20-30(31)38-26-15-13-25(14-16-26)33(34)35/h3-17,19-20H,2,18,21-22H2,1H3. The van der Waals surface area contributed by atoms with Crippen molar-refractivity contribution in [3.05, 3.63) is 130 Å². The molecule has 5 rings (SSSR count). The third-order valence-electron chi connectivity index (χ3n) is 6.11. The Morgan fingerprint density at radius 3 is 2.03 bits per heavy atom. The van der Waals surface area contributed by atoms with Gasteiger partial charge in [0.2, 0.25) is 0 Å². The highest BCUT2D eigenvalue weighted by Crippen LogP contribution is 2.43. The van der Waals surface area contributed by atoms with Crippen molar-refractivity contribution >= 4 is 11.4 Å². The maximum atomic E-state index is 11.1. The molecule has 0 unspecified atom stereocenters. The number of benzene rings is 4. The van der Waals surface area contributed by atoms with E-state index in [4.69, 9.17) is 19.0 Å². The molecule has 0 amide bonds. The second-order valence-electron chi connectivity index (χ2n) is 8.84. The van der Waals surface area contributed by atoms with E-state index in [1.807, 2.05) is 84.8 Å². The van der Waals surface area contributed by atoms with Crippen molar-refractivity contribution in [1.82, 2.24) is 5.06 Å². The summed E-state index contributed by atoms with van der Waals surface area (Å²) in [6.07, 6.45) is 1.97. The first-order valence-corrected chi connectivity index (χ1v) is 12.7. The molecule has 0 spiro atoms. The quantitative estimate of drug-likeness (QED) is 0.152. The van der Waals surface area contributed by atoms with Crippen molar-refractivity contribution in [2.45, 2.75) is 20.1 Å². The van der Waals surface area contributed by atoms with Gasteiger partial charge in [-0.2, -0.15) is 0 Å². The summed E-state index contributed by atoms with van der Waals surface area (Å²) in [7, 11) is 0. The van der Waals surface area contributed by atoms with Crippen molar-refractivity contribution in [2.75, 3.05) is 13.1 Å². The molecule has 0 fully saturated rings. The predicted octanol–water partition coefficient (Wildman–Crippen LogP) is 7.15. The number of hydroxylamine groups is 2. The van der Waals surface area contributed by atoms with Gasteiger partial charge in [-0.3, -0.25) is 10.1 Å². The van der Waals surface area contributed by atoms with E-state index in [9.17, 15) is 10.1 Å². The van der Waals surface area contributed by atoms with Gasteiger partial charge in [0.05, 0.1) is 11.5 Å². The molecule has 0 saturated heterocycles. The average Bonchev–Trinajstić information content (AvgIpc) is 3.45. The number of hydrogen-bond acceptors (Lipinski definition) is 7. The van der Waals surface area contributed by atoms with Crippen LogP contribution >= 0.6 is 0 Å². The third-order valence-corrected chi connectivity index (χ3v) is 6.11. The summed E-state index contributed by atoms with van der Waals surface area (Å²) in [6, 6.07) is 29.3. The SMILES string of the molecule is CCN1CC=C(c2c(OCc3ccccc3)cc(OCc3ccccc3)cc2Oc2ccc([N+](=O)[O-])cc2)O1. The molecule has 0 bridgehead atoms. The van der Waals surface area contributed by atoms with Crippen LogP contribution in [0.2, 0.25) is 0 Å². The number of hydrogen-bond donors (Lipinski definition) is 0. The number of nitrogens with zero attached hydrogens (tertiary/aromatic N) is 2. The molecule has 4 aromatic carbocycles. The zero-order valence-corrected chi connectivity index (χ0v) is 21.5. The van der Waals surface area contributed by atoms with Crippen molar-refractivity contribution in [3.8, 4) is 23.0 Å². The zero-order chi connectivity index (χ0) is 27.0. The Hall–Kier alpha value is -4.82. The van der Waals surface area contributed by atoms with Crippen LogP contribution in [0.25, 0.3) is 5.76 Å². The number of nitro groups is 1. The lowest BCUT2D eigenvalue weighted by Gasteiger charge is -2.20. The number of nitro benzene ring substituents is 1. The molecule has 1 heterocycles. The van der Waals surface area contributed by atoms with E-state index in [1.54, 1.807) is 18.2 Å². The smallest absolute Gasteiger partial charge is 0.269 e. The number of ether oxygens (including phenoxy) is 3. The van der Waals surface area contributed by atoms with Gasteiger partial charge in [-0.05, 0) is 36.3 Å². The molecule has 8 heteroatoms. The molecular weight excluding hydrogens is 496 g/mol. The zero-order valence-electron chi connectivity index (χ0n) is 21.5. The van der Waals surface area contributed by atoms with Gasteiger partial charge in [0.15, 0.2) is 5.76 Å². The number of non-ortho nitro benzene ring substituents is 1. The van der Waals surface area contributed by atoms with E-state index in [0.717, 1.165) is 11.1 Å². The molecule has 0 aliphatic carbocycles. The second-order valence-corrected chi connectivity index (χ2v) is 8.84. The van der Waals surface area contributed by atoms with Crippen LogP contribution in [0.15, 0.2) is 103 Å². The molecule has 1 aliphatic heterocycles. The van der Waals surface area contributed by atoms with Gasteiger partial charge in [0, 0.05) is 30.8 Å².